The predicted octanol–water partition coefficient (Wildman–Crippen LogP) is 2.66. The van der Waals surface area contributed by atoms with E-state index in [9.17, 15) is 9.90 Å². The third-order valence-electron chi connectivity index (χ3n) is 3.21. The van der Waals surface area contributed by atoms with Gasteiger partial charge in [0.25, 0.3) is 0 Å². The van der Waals surface area contributed by atoms with Gasteiger partial charge in [0, 0.05) is 14.8 Å². The van der Waals surface area contributed by atoms with E-state index in [2.05, 4.69) is 27.7 Å². The first kappa shape index (κ1) is 11.7. The monoisotopic (exact) mass is 354 g/mol. The fourth-order valence-corrected chi connectivity index (χ4v) is 3.05. The van der Waals surface area contributed by atoms with Gasteiger partial charge in [0.05, 0.1) is 5.69 Å². The molecule has 0 radical (unpaired) electrons. The molecule has 92 valence electrons. The summed E-state index contributed by atoms with van der Waals surface area (Å²) in [5, 5.41) is 13.5. The van der Waals surface area contributed by atoms with Crippen molar-refractivity contribution in [3.05, 3.63) is 44.8 Å². The largest absolute Gasteiger partial charge is 0.476 e. The first-order chi connectivity index (χ1) is 8.68. The zero-order valence-electron chi connectivity index (χ0n) is 9.56. The van der Waals surface area contributed by atoms with Gasteiger partial charge in [-0.2, -0.15) is 5.10 Å². The first-order valence-corrected chi connectivity index (χ1v) is 6.85. The second kappa shape index (κ2) is 4.38. The number of carboxylic acids is 1. The zero-order valence-corrected chi connectivity index (χ0v) is 11.7. The molecule has 0 saturated heterocycles. The van der Waals surface area contributed by atoms with Crippen molar-refractivity contribution in [2.45, 2.75) is 19.3 Å². The fourth-order valence-electron chi connectivity index (χ4n) is 2.43. The van der Waals surface area contributed by atoms with Gasteiger partial charge in [0.1, 0.15) is 0 Å². The molecule has 1 aromatic heterocycles. The Hall–Kier alpha value is -1.37. The van der Waals surface area contributed by atoms with Crippen molar-refractivity contribution in [2.24, 2.45) is 0 Å². The minimum Gasteiger partial charge on any atom is -0.476 e. The Morgan fingerprint density at radius 2 is 2.11 bits per heavy atom. The molecule has 0 saturated carbocycles. The number of benzene rings is 1. The Labute approximate surface area is 118 Å². The van der Waals surface area contributed by atoms with Crippen LogP contribution in [0, 0.1) is 3.57 Å². The lowest BCUT2D eigenvalue weighted by atomic mass is 10.2. The SMILES string of the molecule is O=C(O)c1nn(-c2ccccc2I)c2c1CCC2. The second-order valence-electron chi connectivity index (χ2n) is 4.30. The lowest BCUT2D eigenvalue weighted by Gasteiger charge is -2.07. The summed E-state index contributed by atoms with van der Waals surface area (Å²) >= 11 is 2.25. The molecule has 3 rings (SSSR count). The van der Waals surface area contributed by atoms with Crippen LogP contribution in [0.25, 0.3) is 5.69 Å². The summed E-state index contributed by atoms with van der Waals surface area (Å²) in [4.78, 5) is 11.2. The van der Waals surface area contributed by atoms with E-state index in [4.69, 9.17) is 0 Å². The molecule has 0 bridgehead atoms. The highest BCUT2D eigenvalue weighted by Gasteiger charge is 2.26. The first-order valence-electron chi connectivity index (χ1n) is 5.77. The molecular weight excluding hydrogens is 343 g/mol. The molecule has 0 aliphatic heterocycles. The molecule has 1 aliphatic rings. The van der Waals surface area contributed by atoms with Crippen LogP contribution in [0.5, 0.6) is 0 Å². The van der Waals surface area contributed by atoms with E-state index in [1.54, 1.807) is 4.68 Å². The van der Waals surface area contributed by atoms with Crippen molar-refractivity contribution in [1.29, 1.82) is 0 Å². The van der Waals surface area contributed by atoms with Crippen LogP contribution in [-0.4, -0.2) is 20.9 Å². The Morgan fingerprint density at radius 1 is 1.33 bits per heavy atom. The van der Waals surface area contributed by atoms with Crippen molar-refractivity contribution < 1.29 is 9.90 Å². The lowest BCUT2D eigenvalue weighted by molar-refractivity contribution is 0.0689. The number of para-hydroxylation sites is 1. The van der Waals surface area contributed by atoms with Gasteiger partial charge in [-0.25, -0.2) is 9.48 Å². The highest BCUT2D eigenvalue weighted by molar-refractivity contribution is 14.1. The standard InChI is InChI=1S/C13H11IN2O2/c14-9-5-1-2-6-11(9)16-10-7-3-4-8(10)12(15-16)13(17)18/h1-2,5-6H,3-4,7H2,(H,17,18). The maximum atomic E-state index is 11.2. The lowest BCUT2D eigenvalue weighted by Crippen LogP contribution is -2.05. The van der Waals surface area contributed by atoms with Crippen LogP contribution in [0.1, 0.15) is 28.2 Å². The van der Waals surface area contributed by atoms with E-state index in [1.807, 2.05) is 24.3 Å². The number of carbonyl (C=O) groups is 1. The molecule has 0 atom stereocenters. The Bertz CT molecular complexity index is 634. The van der Waals surface area contributed by atoms with Crippen molar-refractivity contribution in [3.63, 3.8) is 0 Å². The minimum atomic E-state index is -0.933. The number of nitrogens with zero attached hydrogens (tertiary/aromatic N) is 2. The Kier molecular flexibility index (Phi) is 2.85. The van der Waals surface area contributed by atoms with Gasteiger partial charge >= 0.3 is 5.97 Å². The minimum absolute atomic E-state index is 0.210. The molecule has 0 spiro atoms. The second-order valence-corrected chi connectivity index (χ2v) is 5.46. The van der Waals surface area contributed by atoms with E-state index >= 15 is 0 Å². The van der Waals surface area contributed by atoms with Gasteiger partial charge in [-0.3, -0.25) is 0 Å². The third kappa shape index (κ3) is 1.73. The van der Waals surface area contributed by atoms with Gasteiger partial charge in [0.15, 0.2) is 5.69 Å². The van der Waals surface area contributed by atoms with Crippen LogP contribution in [0.4, 0.5) is 0 Å². The summed E-state index contributed by atoms with van der Waals surface area (Å²) in [5.74, 6) is -0.933. The molecule has 0 unspecified atom stereocenters. The number of hydrogen-bond donors (Lipinski definition) is 1. The third-order valence-corrected chi connectivity index (χ3v) is 4.13. The summed E-state index contributed by atoms with van der Waals surface area (Å²) in [5.41, 5.74) is 3.13. The molecule has 18 heavy (non-hydrogen) atoms. The van der Waals surface area contributed by atoms with E-state index in [0.717, 1.165) is 39.8 Å². The summed E-state index contributed by atoms with van der Waals surface area (Å²) in [6.07, 6.45) is 2.73. The van der Waals surface area contributed by atoms with Crippen LogP contribution < -0.4 is 0 Å². The molecule has 4 nitrogen and oxygen atoms in total. The number of halogens is 1. The number of fused-ring (bicyclic) bond motifs is 1. The van der Waals surface area contributed by atoms with Gasteiger partial charge in [-0.1, -0.05) is 12.1 Å². The quantitative estimate of drug-likeness (QED) is 0.844. The zero-order chi connectivity index (χ0) is 12.7. The predicted molar refractivity (Wildman–Crippen MR) is 75.3 cm³/mol. The van der Waals surface area contributed by atoms with Gasteiger partial charge in [-0.15, -0.1) is 0 Å². The summed E-state index contributed by atoms with van der Waals surface area (Å²) in [6.45, 7) is 0. The maximum absolute atomic E-state index is 11.2. The summed E-state index contributed by atoms with van der Waals surface area (Å²) in [7, 11) is 0. The smallest absolute Gasteiger partial charge is 0.356 e. The summed E-state index contributed by atoms with van der Waals surface area (Å²) in [6, 6.07) is 7.88. The molecule has 1 aliphatic carbocycles. The fraction of sp³-hybridized carbons (Fsp3) is 0.231. The molecule has 0 fully saturated rings. The highest BCUT2D eigenvalue weighted by Crippen LogP contribution is 2.29. The molecule has 5 heteroatoms. The van der Waals surface area contributed by atoms with Crippen molar-refractivity contribution in [2.75, 3.05) is 0 Å². The average Bonchev–Trinajstić information content (AvgIpc) is 2.90. The summed E-state index contributed by atoms with van der Waals surface area (Å²) < 4.78 is 2.87. The Morgan fingerprint density at radius 3 is 2.83 bits per heavy atom. The molecule has 1 N–H and O–H groups in total. The van der Waals surface area contributed by atoms with Gasteiger partial charge < -0.3 is 5.11 Å². The number of carboxylic acid groups (broad SMARTS) is 1. The number of aromatic carboxylic acids is 1. The molecular formula is C13H11IN2O2. The van der Waals surface area contributed by atoms with E-state index < -0.39 is 5.97 Å². The van der Waals surface area contributed by atoms with E-state index in [1.165, 1.54) is 0 Å². The van der Waals surface area contributed by atoms with E-state index in [0.29, 0.717) is 0 Å². The van der Waals surface area contributed by atoms with Gasteiger partial charge in [-0.05, 0) is 54.0 Å². The van der Waals surface area contributed by atoms with E-state index in [-0.39, 0.29) is 5.69 Å². The number of aromatic nitrogens is 2. The number of hydrogen-bond acceptors (Lipinski definition) is 2. The van der Waals surface area contributed by atoms with Crippen molar-refractivity contribution in [1.82, 2.24) is 9.78 Å². The van der Waals surface area contributed by atoms with Crippen LogP contribution >= 0.6 is 22.6 Å². The Balaban J connectivity index is 2.23. The molecule has 1 heterocycles. The van der Waals surface area contributed by atoms with Crippen molar-refractivity contribution >= 4 is 28.6 Å². The van der Waals surface area contributed by atoms with Crippen molar-refractivity contribution in [3.8, 4) is 5.69 Å². The van der Waals surface area contributed by atoms with Crippen LogP contribution in [-0.2, 0) is 12.8 Å². The van der Waals surface area contributed by atoms with Gasteiger partial charge in [0.2, 0.25) is 0 Å². The highest BCUT2D eigenvalue weighted by atomic mass is 127. The normalized spacial score (nSPS) is 13.6. The average molecular weight is 354 g/mol. The van der Waals surface area contributed by atoms with Crippen LogP contribution in [0.15, 0.2) is 24.3 Å². The molecule has 0 amide bonds. The van der Waals surface area contributed by atoms with Crippen LogP contribution in [0.3, 0.4) is 0 Å². The number of rotatable bonds is 2. The molecule has 1 aromatic carbocycles. The maximum Gasteiger partial charge on any atom is 0.356 e. The van der Waals surface area contributed by atoms with Crippen LogP contribution in [0.2, 0.25) is 0 Å². The topological polar surface area (TPSA) is 55.1 Å². The molecule has 2 aromatic rings.